The summed E-state index contributed by atoms with van der Waals surface area (Å²) in [6, 6.07) is 10.4. The molecule has 0 bridgehead atoms. The molecule has 20 heavy (non-hydrogen) atoms. The largest absolute Gasteiger partial charge is 0.339 e. The van der Waals surface area contributed by atoms with Crippen molar-refractivity contribution < 1.29 is 4.52 Å². The van der Waals surface area contributed by atoms with E-state index in [2.05, 4.69) is 41.3 Å². The SMILES string of the molecule is CC(CCN)CCc1nc(CCc2ccccc2)no1. The van der Waals surface area contributed by atoms with E-state index < -0.39 is 0 Å². The lowest BCUT2D eigenvalue weighted by molar-refractivity contribution is 0.358. The summed E-state index contributed by atoms with van der Waals surface area (Å²) in [5, 5.41) is 4.04. The Bertz CT molecular complexity index is 495. The first-order chi connectivity index (χ1) is 9.78. The topological polar surface area (TPSA) is 64.9 Å². The van der Waals surface area contributed by atoms with Crippen LogP contribution in [-0.4, -0.2) is 16.7 Å². The van der Waals surface area contributed by atoms with Crippen LogP contribution in [0.5, 0.6) is 0 Å². The normalized spacial score (nSPS) is 12.5. The molecule has 0 aliphatic heterocycles. The second-order valence-corrected chi connectivity index (χ2v) is 5.31. The first kappa shape index (κ1) is 14.7. The minimum atomic E-state index is 0.611. The average molecular weight is 273 g/mol. The maximum absolute atomic E-state index is 5.55. The number of hydrogen-bond donors (Lipinski definition) is 1. The summed E-state index contributed by atoms with van der Waals surface area (Å²) >= 11 is 0. The fourth-order valence-corrected chi connectivity index (χ4v) is 2.19. The highest BCUT2D eigenvalue weighted by Crippen LogP contribution is 2.11. The van der Waals surface area contributed by atoms with Gasteiger partial charge in [0.25, 0.3) is 0 Å². The smallest absolute Gasteiger partial charge is 0.226 e. The highest BCUT2D eigenvalue weighted by molar-refractivity contribution is 5.15. The predicted molar refractivity (Wildman–Crippen MR) is 79.3 cm³/mol. The summed E-state index contributed by atoms with van der Waals surface area (Å²) in [5.41, 5.74) is 6.85. The number of aryl methyl sites for hydroxylation is 3. The van der Waals surface area contributed by atoms with Gasteiger partial charge < -0.3 is 10.3 Å². The summed E-state index contributed by atoms with van der Waals surface area (Å²) in [6.07, 6.45) is 4.72. The molecule has 4 nitrogen and oxygen atoms in total. The van der Waals surface area contributed by atoms with Gasteiger partial charge in [0.15, 0.2) is 5.82 Å². The lowest BCUT2D eigenvalue weighted by Gasteiger charge is -2.06. The molecule has 108 valence electrons. The van der Waals surface area contributed by atoms with E-state index in [1.165, 1.54) is 5.56 Å². The fourth-order valence-electron chi connectivity index (χ4n) is 2.19. The number of benzene rings is 1. The zero-order chi connectivity index (χ0) is 14.2. The minimum Gasteiger partial charge on any atom is -0.339 e. The first-order valence-corrected chi connectivity index (χ1v) is 7.33. The van der Waals surface area contributed by atoms with E-state index in [1.54, 1.807) is 0 Å². The Balaban J connectivity index is 1.77. The lowest BCUT2D eigenvalue weighted by Crippen LogP contribution is -2.06. The van der Waals surface area contributed by atoms with Gasteiger partial charge in [0.2, 0.25) is 5.89 Å². The van der Waals surface area contributed by atoms with Crippen molar-refractivity contribution in [1.82, 2.24) is 10.1 Å². The third-order valence-electron chi connectivity index (χ3n) is 3.50. The van der Waals surface area contributed by atoms with Crippen LogP contribution in [0.4, 0.5) is 0 Å². The molecule has 1 heterocycles. The van der Waals surface area contributed by atoms with Crippen molar-refractivity contribution in [2.75, 3.05) is 6.54 Å². The van der Waals surface area contributed by atoms with Crippen molar-refractivity contribution in [3.63, 3.8) is 0 Å². The molecule has 0 aliphatic carbocycles. The Hall–Kier alpha value is -1.68. The van der Waals surface area contributed by atoms with Crippen molar-refractivity contribution in [3.8, 4) is 0 Å². The van der Waals surface area contributed by atoms with E-state index >= 15 is 0 Å². The monoisotopic (exact) mass is 273 g/mol. The van der Waals surface area contributed by atoms with Gasteiger partial charge in [-0.05, 0) is 37.3 Å². The van der Waals surface area contributed by atoms with Crippen LogP contribution < -0.4 is 5.73 Å². The Labute approximate surface area is 120 Å². The van der Waals surface area contributed by atoms with E-state index in [4.69, 9.17) is 10.3 Å². The van der Waals surface area contributed by atoms with Gasteiger partial charge in [0.1, 0.15) is 0 Å². The van der Waals surface area contributed by atoms with Crippen LogP contribution in [-0.2, 0) is 19.3 Å². The molecule has 1 atom stereocenters. The highest BCUT2D eigenvalue weighted by atomic mass is 16.5. The van der Waals surface area contributed by atoms with Crippen molar-refractivity contribution in [2.24, 2.45) is 11.7 Å². The van der Waals surface area contributed by atoms with Crippen LogP contribution in [0.25, 0.3) is 0 Å². The van der Waals surface area contributed by atoms with E-state index in [0.717, 1.165) is 50.4 Å². The molecule has 0 amide bonds. The fraction of sp³-hybridized carbons (Fsp3) is 0.500. The summed E-state index contributed by atoms with van der Waals surface area (Å²) in [4.78, 5) is 4.45. The van der Waals surface area contributed by atoms with Gasteiger partial charge in [-0.1, -0.05) is 42.4 Å². The summed E-state index contributed by atoms with van der Waals surface area (Å²) in [7, 11) is 0. The molecular formula is C16H23N3O. The average Bonchev–Trinajstić information content (AvgIpc) is 2.92. The molecule has 1 unspecified atom stereocenters. The highest BCUT2D eigenvalue weighted by Gasteiger charge is 2.08. The molecule has 0 fully saturated rings. The van der Waals surface area contributed by atoms with Crippen LogP contribution in [0.2, 0.25) is 0 Å². The third-order valence-corrected chi connectivity index (χ3v) is 3.50. The van der Waals surface area contributed by atoms with Gasteiger partial charge in [-0.15, -0.1) is 0 Å². The molecule has 4 heteroatoms. The second-order valence-electron chi connectivity index (χ2n) is 5.31. The van der Waals surface area contributed by atoms with E-state index in [0.29, 0.717) is 5.92 Å². The van der Waals surface area contributed by atoms with Crippen LogP contribution >= 0.6 is 0 Å². The van der Waals surface area contributed by atoms with Crippen LogP contribution in [0.3, 0.4) is 0 Å². The molecule has 2 N–H and O–H groups in total. The van der Waals surface area contributed by atoms with E-state index in [-0.39, 0.29) is 0 Å². The molecule has 0 radical (unpaired) electrons. The van der Waals surface area contributed by atoms with Gasteiger partial charge in [-0.2, -0.15) is 4.98 Å². The molecule has 2 aromatic rings. The number of rotatable bonds is 8. The number of hydrogen-bond acceptors (Lipinski definition) is 4. The Kier molecular flexibility index (Phi) is 5.74. The van der Waals surface area contributed by atoms with Crippen LogP contribution in [0, 0.1) is 5.92 Å². The van der Waals surface area contributed by atoms with Gasteiger partial charge in [-0.25, -0.2) is 0 Å². The molecule has 0 saturated carbocycles. The maximum Gasteiger partial charge on any atom is 0.226 e. The van der Waals surface area contributed by atoms with Gasteiger partial charge in [0, 0.05) is 12.8 Å². The van der Waals surface area contributed by atoms with E-state index in [1.807, 2.05) is 6.07 Å². The Morgan fingerprint density at radius 1 is 1.10 bits per heavy atom. The van der Waals surface area contributed by atoms with Crippen molar-refractivity contribution in [3.05, 3.63) is 47.6 Å². The standard InChI is InChI=1S/C16H23N3O/c1-13(11-12-17)7-10-16-18-15(19-20-16)9-8-14-5-3-2-4-6-14/h2-6,13H,7-12,17H2,1H3. The van der Waals surface area contributed by atoms with Crippen LogP contribution in [0.1, 0.15) is 37.0 Å². The number of aromatic nitrogens is 2. The molecule has 0 saturated heterocycles. The zero-order valence-electron chi connectivity index (χ0n) is 12.1. The Morgan fingerprint density at radius 3 is 2.65 bits per heavy atom. The zero-order valence-corrected chi connectivity index (χ0v) is 12.1. The summed E-state index contributed by atoms with van der Waals surface area (Å²) in [5.74, 6) is 2.16. The summed E-state index contributed by atoms with van der Waals surface area (Å²) < 4.78 is 5.29. The van der Waals surface area contributed by atoms with Gasteiger partial charge in [0.05, 0.1) is 0 Å². The first-order valence-electron chi connectivity index (χ1n) is 7.33. The van der Waals surface area contributed by atoms with Gasteiger partial charge in [-0.3, -0.25) is 0 Å². The van der Waals surface area contributed by atoms with Gasteiger partial charge >= 0.3 is 0 Å². The lowest BCUT2D eigenvalue weighted by atomic mass is 10.0. The number of nitrogens with two attached hydrogens (primary N) is 1. The molecular weight excluding hydrogens is 250 g/mol. The maximum atomic E-state index is 5.55. The second kappa shape index (κ2) is 7.80. The molecule has 2 rings (SSSR count). The van der Waals surface area contributed by atoms with Crippen molar-refractivity contribution in [1.29, 1.82) is 0 Å². The predicted octanol–water partition coefficient (Wildman–Crippen LogP) is 2.77. The van der Waals surface area contributed by atoms with Crippen molar-refractivity contribution in [2.45, 2.75) is 39.0 Å². The van der Waals surface area contributed by atoms with E-state index in [9.17, 15) is 0 Å². The van der Waals surface area contributed by atoms with Crippen LogP contribution in [0.15, 0.2) is 34.9 Å². The Morgan fingerprint density at radius 2 is 1.90 bits per heavy atom. The molecule has 0 aliphatic rings. The minimum absolute atomic E-state index is 0.611. The summed E-state index contributed by atoms with van der Waals surface area (Å²) in [6.45, 7) is 2.95. The number of nitrogens with zero attached hydrogens (tertiary/aromatic N) is 2. The molecule has 0 spiro atoms. The molecule has 1 aromatic heterocycles. The third kappa shape index (κ3) is 4.78. The quantitative estimate of drug-likeness (QED) is 0.803. The van der Waals surface area contributed by atoms with Crippen molar-refractivity contribution >= 4 is 0 Å². The molecule has 1 aromatic carbocycles.